The Morgan fingerprint density at radius 1 is 1.24 bits per heavy atom. The van der Waals surface area contributed by atoms with Crippen LogP contribution < -0.4 is 5.32 Å². The number of piperidine rings is 1. The second-order valence-electron chi connectivity index (χ2n) is 6.21. The number of hydrogen-bond acceptors (Lipinski definition) is 3. The summed E-state index contributed by atoms with van der Waals surface area (Å²) >= 11 is 0. The van der Waals surface area contributed by atoms with E-state index in [9.17, 15) is 9.59 Å². The van der Waals surface area contributed by atoms with Crippen molar-refractivity contribution in [3.05, 3.63) is 29.6 Å². The van der Waals surface area contributed by atoms with E-state index in [4.69, 9.17) is 0 Å². The van der Waals surface area contributed by atoms with E-state index in [1.54, 1.807) is 12.3 Å². The van der Waals surface area contributed by atoms with Crippen LogP contribution in [0, 0.1) is 5.92 Å². The van der Waals surface area contributed by atoms with Crippen molar-refractivity contribution in [3.8, 4) is 0 Å². The van der Waals surface area contributed by atoms with Crippen LogP contribution in [0.4, 0.5) is 0 Å². The summed E-state index contributed by atoms with van der Waals surface area (Å²) in [7, 11) is 0. The molecule has 0 aromatic carbocycles. The second-order valence-corrected chi connectivity index (χ2v) is 6.21. The lowest BCUT2D eigenvalue weighted by molar-refractivity contribution is 0.0682. The van der Waals surface area contributed by atoms with E-state index in [0.717, 1.165) is 32.4 Å². The third-order valence-electron chi connectivity index (χ3n) is 4.10. The predicted octanol–water partition coefficient (Wildman–Crippen LogP) is 1.85. The van der Waals surface area contributed by atoms with Gasteiger partial charge in [-0.25, -0.2) is 0 Å². The molecule has 0 spiro atoms. The molecule has 1 aromatic rings. The minimum absolute atomic E-state index is 0.0184. The Labute approximate surface area is 124 Å². The lowest BCUT2D eigenvalue weighted by Crippen LogP contribution is -2.39. The van der Waals surface area contributed by atoms with Crippen molar-refractivity contribution in [2.45, 2.75) is 38.6 Å². The zero-order chi connectivity index (χ0) is 14.8. The van der Waals surface area contributed by atoms with Gasteiger partial charge in [-0.15, -0.1) is 0 Å². The van der Waals surface area contributed by atoms with E-state index in [2.05, 4.69) is 17.2 Å². The molecule has 5 heteroatoms. The highest BCUT2D eigenvalue weighted by Crippen LogP contribution is 2.20. The number of pyridine rings is 1. The van der Waals surface area contributed by atoms with Crippen molar-refractivity contribution in [2.24, 2.45) is 5.92 Å². The molecule has 2 heterocycles. The van der Waals surface area contributed by atoms with E-state index in [1.807, 2.05) is 4.90 Å². The first kappa shape index (κ1) is 14.0. The molecule has 1 atom stereocenters. The molecule has 1 saturated heterocycles. The van der Waals surface area contributed by atoms with Crippen LogP contribution in [-0.4, -0.2) is 40.8 Å². The van der Waals surface area contributed by atoms with Gasteiger partial charge in [0, 0.05) is 31.5 Å². The van der Waals surface area contributed by atoms with E-state index >= 15 is 0 Å². The van der Waals surface area contributed by atoms with Crippen LogP contribution in [0.3, 0.4) is 0 Å². The number of hydrogen-bond donors (Lipinski definition) is 1. The Morgan fingerprint density at radius 3 is 2.71 bits per heavy atom. The number of aromatic nitrogens is 1. The van der Waals surface area contributed by atoms with Crippen molar-refractivity contribution >= 4 is 11.8 Å². The molecule has 1 aliphatic carbocycles. The van der Waals surface area contributed by atoms with Crippen molar-refractivity contribution in [1.82, 2.24) is 15.2 Å². The minimum atomic E-state index is -0.133. The van der Waals surface area contributed by atoms with Crippen molar-refractivity contribution in [1.29, 1.82) is 0 Å². The van der Waals surface area contributed by atoms with Crippen LogP contribution in [-0.2, 0) is 0 Å². The zero-order valence-electron chi connectivity index (χ0n) is 12.3. The maximum Gasteiger partial charge on any atom is 0.255 e. The molecule has 5 nitrogen and oxygen atoms in total. The first-order valence-corrected chi connectivity index (χ1v) is 7.68. The number of carbonyl (C=O) groups excluding carboxylic acids is 2. The molecule has 2 fully saturated rings. The average Bonchev–Trinajstić information content (AvgIpc) is 3.30. The number of rotatable bonds is 3. The van der Waals surface area contributed by atoms with Crippen LogP contribution in [0.1, 0.15) is 53.3 Å². The summed E-state index contributed by atoms with van der Waals surface area (Å²) in [4.78, 5) is 30.5. The number of nitrogens with one attached hydrogen (secondary N) is 1. The first-order chi connectivity index (χ1) is 10.1. The van der Waals surface area contributed by atoms with Crippen LogP contribution in [0.5, 0.6) is 0 Å². The van der Waals surface area contributed by atoms with Gasteiger partial charge in [-0.2, -0.15) is 0 Å². The van der Waals surface area contributed by atoms with Gasteiger partial charge in [0.2, 0.25) is 0 Å². The zero-order valence-corrected chi connectivity index (χ0v) is 12.3. The highest BCUT2D eigenvalue weighted by Gasteiger charge is 2.25. The molecule has 0 bridgehead atoms. The van der Waals surface area contributed by atoms with Gasteiger partial charge in [-0.05, 0) is 37.7 Å². The monoisotopic (exact) mass is 287 g/mol. The fourth-order valence-electron chi connectivity index (χ4n) is 2.73. The molecular weight excluding hydrogens is 266 g/mol. The second kappa shape index (κ2) is 5.84. The standard InChI is InChI=1S/C16H21N3O2/c1-11-3-2-6-19(10-11)16(21)13-7-12(8-17-9-13)15(20)18-14-4-5-14/h7-9,11,14H,2-6,10H2,1H3,(H,18,20). The molecule has 0 radical (unpaired) electrons. The van der Waals surface area contributed by atoms with Gasteiger partial charge in [0.05, 0.1) is 11.1 Å². The quantitative estimate of drug-likeness (QED) is 0.922. The molecule has 2 amide bonds. The van der Waals surface area contributed by atoms with Crippen molar-refractivity contribution < 1.29 is 9.59 Å². The number of likely N-dealkylation sites (tertiary alicyclic amines) is 1. The molecule has 1 saturated carbocycles. The lowest BCUT2D eigenvalue weighted by Gasteiger charge is -2.30. The molecule has 21 heavy (non-hydrogen) atoms. The van der Waals surface area contributed by atoms with E-state index in [-0.39, 0.29) is 11.8 Å². The van der Waals surface area contributed by atoms with Gasteiger partial charge in [0.15, 0.2) is 0 Å². The van der Waals surface area contributed by atoms with Gasteiger partial charge in [-0.3, -0.25) is 14.6 Å². The molecule has 3 rings (SSSR count). The number of nitrogens with zero attached hydrogens (tertiary/aromatic N) is 2. The number of carbonyl (C=O) groups is 2. The lowest BCUT2D eigenvalue weighted by atomic mass is 9.99. The summed E-state index contributed by atoms with van der Waals surface area (Å²) in [6.07, 6.45) is 7.38. The van der Waals surface area contributed by atoms with Gasteiger partial charge in [0.1, 0.15) is 0 Å². The Morgan fingerprint density at radius 2 is 2.00 bits per heavy atom. The van der Waals surface area contributed by atoms with E-state index in [0.29, 0.717) is 23.1 Å². The molecular formula is C16H21N3O2. The third kappa shape index (κ3) is 3.40. The Balaban J connectivity index is 1.72. The van der Waals surface area contributed by atoms with Crippen LogP contribution in [0.25, 0.3) is 0 Å². The van der Waals surface area contributed by atoms with Gasteiger partial charge in [0.25, 0.3) is 11.8 Å². The smallest absolute Gasteiger partial charge is 0.255 e. The maximum absolute atomic E-state index is 12.5. The minimum Gasteiger partial charge on any atom is -0.349 e. The van der Waals surface area contributed by atoms with Gasteiger partial charge in [-0.1, -0.05) is 6.92 Å². The van der Waals surface area contributed by atoms with Gasteiger partial charge < -0.3 is 10.2 Å². The fraction of sp³-hybridized carbons (Fsp3) is 0.562. The topological polar surface area (TPSA) is 62.3 Å². The summed E-state index contributed by atoms with van der Waals surface area (Å²) in [5.74, 6) is 0.388. The van der Waals surface area contributed by atoms with E-state index < -0.39 is 0 Å². The average molecular weight is 287 g/mol. The summed E-state index contributed by atoms with van der Waals surface area (Å²) < 4.78 is 0. The van der Waals surface area contributed by atoms with Crippen LogP contribution >= 0.6 is 0 Å². The third-order valence-corrected chi connectivity index (χ3v) is 4.10. The Hall–Kier alpha value is -1.91. The first-order valence-electron chi connectivity index (χ1n) is 7.68. The normalized spacial score (nSPS) is 22.0. The number of amides is 2. The van der Waals surface area contributed by atoms with Crippen LogP contribution in [0.2, 0.25) is 0 Å². The summed E-state index contributed by atoms with van der Waals surface area (Å²) in [6, 6.07) is 1.96. The largest absolute Gasteiger partial charge is 0.349 e. The highest BCUT2D eigenvalue weighted by molar-refractivity contribution is 5.99. The summed E-state index contributed by atoms with van der Waals surface area (Å²) in [5.41, 5.74) is 0.977. The molecule has 1 aromatic heterocycles. The van der Waals surface area contributed by atoms with E-state index in [1.165, 1.54) is 12.6 Å². The molecule has 112 valence electrons. The molecule has 1 unspecified atom stereocenters. The maximum atomic E-state index is 12.5. The molecule has 2 aliphatic rings. The summed E-state index contributed by atoms with van der Waals surface area (Å²) in [5, 5.41) is 2.92. The van der Waals surface area contributed by atoms with Crippen molar-refractivity contribution in [2.75, 3.05) is 13.1 Å². The van der Waals surface area contributed by atoms with Crippen LogP contribution in [0.15, 0.2) is 18.5 Å². The highest BCUT2D eigenvalue weighted by atomic mass is 16.2. The molecule has 1 N–H and O–H groups in total. The fourth-order valence-corrected chi connectivity index (χ4v) is 2.73. The summed E-state index contributed by atoms with van der Waals surface area (Å²) in [6.45, 7) is 3.75. The Kier molecular flexibility index (Phi) is 3.90. The van der Waals surface area contributed by atoms with Crippen molar-refractivity contribution in [3.63, 3.8) is 0 Å². The molecule has 1 aliphatic heterocycles. The van der Waals surface area contributed by atoms with Gasteiger partial charge >= 0.3 is 0 Å². The SMILES string of the molecule is CC1CCCN(C(=O)c2cncc(C(=O)NC3CC3)c2)C1. The predicted molar refractivity (Wildman–Crippen MR) is 79.0 cm³/mol. The Bertz CT molecular complexity index is 554.